The van der Waals surface area contributed by atoms with Crippen LogP contribution in [-0.2, 0) is 10.0 Å². The van der Waals surface area contributed by atoms with Gasteiger partial charge in [-0.05, 0) is 37.6 Å². The molecule has 0 spiro atoms. The smallest absolute Gasteiger partial charge is 0.271 e. The third-order valence-electron chi connectivity index (χ3n) is 3.74. The van der Waals surface area contributed by atoms with Crippen molar-refractivity contribution in [2.24, 2.45) is 0 Å². The fraction of sp³-hybridized carbons (Fsp3) is 0.235. The van der Waals surface area contributed by atoms with Crippen molar-refractivity contribution in [1.29, 1.82) is 0 Å². The summed E-state index contributed by atoms with van der Waals surface area (Å²) in [5.74, 6) is -0.246. The number of ether oxygens (including phenoxy) is 1. The van der Waals surface area contributed by atoms with Crippen molar-refractivity contribution in [3.05, 3.63) is 57.6 Å². The van der Waals surface area contributed by atoms with E-state index in [-0.39, 0.29) is 27.6 Å². The Labute approximate surface area is 156 Å². The van der Waals surface area contributed by atoms with Crippen LogP contribution in [0.5, 0.6) is 5.75 Å². The zero-order valence-electron chi connectivity index (χ0n) is 15.0. The number of benzene rings is 2. The van der Waals surface area contributed by atoms with Crippen LogP contribution in [0, 0.1) is 17.0 Å². The van der Waals surface area contributed by atoms with Gasteiger partial charge >= 0.3 is 0 Å². The van der Waals surface area contributed by atoms with Gasteiger partial charge in [-0.25, -0.2) is 8.42 Å². The predicted octanol–water partition coefficient (Wildman–Crippen LogP) is 2.46. The summed E-state index contributed by atoms with van der Waals surface area (Å²) in [5, 5.41) is 13.5. The number of hydrogen-bond acceptors (Lipinski definition) is 6. The molecule has 0 heterocycles. The highest BCUT2D eigenvalue weighted by atomic mass is 32.2. The molecule has 9 nitrogen and oxygen atoms in total. The van der Waals surface area contributed by atoms with Gasteiger partial charge in [0.15, 0.2) is 0 Å². The normalized spacial score (nSPS) is 10.9. The Morgan fingerprint density at radius 2 is 1.93 bits per heavy atom. The SMILES string of the molecule is CCNC(=O)c1cc(S(=O)(=O)Nc2cc([N+](=O)[O-])ccc2C)ccc1OC. The summed E-state index contributed by atoms with van der Waals surface area (Å²) < 4.78 is 32.9. The molecule has 0 aliphatic carbocycles. The molecule has 144 valence electrons. The van der Waals surface area contributed by atoms with E-state index in [0.29, 0.717) is 12.1 Å². The number of nitrogens with one attached hydrogen (secondary N) is 2. The van der Waals surface area contributed by atoms with Gasteiger partial charge in [0.1, 0.15) is 5.75 Å². The van der Waals surface area contributed by atoms with Crippen molar-refractivity contribution < 1.29 is 22.9 Å². The van der Waals surface area contributed by atoms with Crippen LogP contribution in [0.25, 0.3) is 0 Å². The predicted molar refractivity (Wildman–Crippen MR) is 99.6 cm³/mol. The standard InChI is InChI=1S/C17H19N3O6S/c1-4-18-17(21)14-10-13(7-8-16(14)26-3)27(24,25)19-15-9-12(20(22)23)6-5-11(15)2/h5-10,19H,4H2,1-3H3,(H,18,21). The van der Waals surface area contributed by atoms with E-state index in [1.165, 1.54) is 37.4 Å². The lowest BCUT2D eigenvalue weighted by molar-refractivity contribution is -0.384. The fourth-order valence-corrected chi connectivity index (χ4v) is 3.47. The molecule has 10 heteroatoms. The average molecular weight is 393 g/mol. The number of nitro groups is 1. The first-order chi connectivity index (χ1) is 12.7. The van der Waals surface area contributed by atoms with Crippen molar-refractivity contribution in [3.8, 4) is 5.75 Å². The molecular weight excluding hydrogens is 374 g/mol. The highest BCUT2D eigenvalue weighted by molar-refractivity contribution is 7.92. The third-order valence-corrected chi connectivity index (χ3v) is 5.10. The van der Waals surface area contributed by atoms with Gasteiger partial charge < -0.3 is 10.1 Å². The number of nitrogens with zero attached hydrogens (tertiary/aromatic N) is 1. The fourth-order valence-electron chi connectivity index (χ4n) is 2.32. The topological polar surface area (TPSA) is 128 Å². The van der Waals surface area contributed by atoms with E-state index in [2.05, 4.69) is 10.0 Å². The minimum absolute atomic E-state index is 0.0676. The van der Waals surface area contributed by atoms with Crippen molar-refractivity contribution in [2.45, 2.75) is 18.7 Å². The number of carbonyl (C=O) groups is 1. The maximum atomic E-state index is 12.7. The quantitative estimate of drug-likeness (QED) is 0.549. The van der Waals surface area contributed by atoms with E-state index in [0.717, 1.165) is 6.07 Å². The van der Waals surface area contributed by atoms with Gasteiger partial charge in [0, 0.05) is 18.7 Å². The zero-order valence-corrected chi connectivity index (χ0v) is 15.8. The monoisotopic (exact) mass is 393 g/mol. The number of hydrogen-bond donors (Lipinski definition) is 2. The van der Waals surface area contributed by atoms with E-state index < -0.39 is 20.9 Å². The molecule has 0 fully saturated rings. The summed E-state index contributed by atoms with van der Waals surface area (Å²) in [6, 6.07) is 7.73. The summed E-state index contributed by atoms with van der Waals surface area (Å²) >= 11 is 0. The lowest BCUT2D eigenvalue weighted by Gasteiger charge is -2.13. The highest BCUT2D eigenvalue weighted by Crippen LogP contribution is 2.27. The largest absolute Gasteiger partial charge is 0.496 e. The number of nitro benzene ring substituents is 1. The number of sulfonamides is 1. The zero-order chi connectivity index (χ0) is 20.2. The number of aryl methyl sites for hydroxylation is 1. The number of non-ortho nitro benzene ring substituents is 1. The Hall–Kier alpha value is -3.14. The molecule has 0 aliphatic heterocycles. The van der Waals surface area contributed by atoms with Crippen LogP contribution in [0.3, 0.4) is 0 Å². The van der Waals surface area contributed by atoms with Gasteiger partial charge in [0.05, 0.1) is 28.2 Å². The minimum Gasteiger partial charge on any atom is -0.496 e. The van der Waals surface area contributed by atoms with E-state index in [1.54, 1.807) is 13.8 Å². The second-order valence-electron chi connectivity index (χ2n) is 5.58. The molecule has 2 rings (SSSR count). The molecule has 2 aromatic rings. The van der Waals surface area contributed by atoms with Crippen molar-refractivity contribution in [2.75, 3.05) is 18.4 Å². The van der Waals surface area contributed by atoms with Gasteiger partial charge in [-0.3, -0.25) is 19.6 Å². The lowest BCUT2D eigenvalue weighted by Crippen LogP contribution is -2.24. The number of carbonyl (C=O) groups excluding carboxylic acids is 1. The Morgan fingerprint density at radius 3 is 2.52 bits per heavy atom. The summed E-state index contributed by atoms with van der Waals surface area (Å²) in [4.78, 5) is 22.3. The Morgan fingerprint density at radius 1 is 1.22 bits per heavy atom. The molecule has 0 radical (unpaired) electrons. The Bertz CT molecular complexity index is 988. The summed E-state index contributed by atoms with van der Waals surface area (Å²) in [7, 11) is -2.71. The third kappa shape index (κ3) is 4.53. The van der Waals surface area contributed by atoms with Gasteiger partial charge in [0.2, 0.25) is 0 Å². The van der Waals surface area contributed by atoms with E-state index >= 15 is 0 Å². The van der Waals surface area contributed by atoms with Crippen molar-refractivity contribution >= 4 is 27.3 Å². The molecule has 0 unspecified atom stereocenters. The molecule has 1 amide bonds. The Kier molecular flexibility index (Phi) is 6.01. The molecule has 0 aliphatic rings. The molecule has 0 bridgehead atoms. The highest BCUT2D eigenvalue weighted by Gasteiger charge is 2.21. The van der Waals surface area contributed by atoms with Crippen LogP contribution in [0.1, 0.15) is 22.8 Å². The number of amides is 1. The van der Waals surface area contributed by atoms with Crippen LogP contribution in [0.15, 0.2) is 41.3 Å². The number of anilines is 1. The Balaban J connectivity index is 2.45. The molecule has 0 saturated carbocycles. The van der Waals surface area contributed by atoms with E-state index in [9.17, 15) is 23.3 Å². The van der Waals surface area contributed by atoms with Crippen LogP contribution in [0.4, 0.5) is 11.4 Å². The van der Waals surface area contributed by atoms with Gasteiger partial charge in [-0.2, -0.15) is 0 Å². The number of methoxy groups -OCH3 is 1. The van der Waals surface area contributed by atoms with Crippen LogP contribution in [-0.4, -0.2) is 32.9 Å². The van der Waals surface area contributed by atoms with Crippen molar-refractivity contribution in [1.82, 2.24) is 5.32 Å². The van der Waals surface area contributed by atoms with Crippen LogP contribution >= 0.6 is 0 Å². The maximum Gasteiger partial charge on any atom is 0.271 e. The number of rotatable bonds is 7. The molecule has 2 aromatic carbocycles. The molecule has 2 N–H and O–H groups in total. The second kappa shape index (κ2) is 8.04. The molecule has 0 saturated heterocycles. The maximum absolute atomic E-state index is 12.7. The minimum atomic E-state index is -4.08. The molecular formula is C17H19N3O6S. The summed E-state index contributed by atoms with van der Waals surface area (Å²) in [6.45, 7) is 3.72. The first-order valence-corrected chi connectivity index (χ1v) is 9.42. The first kappa shape index (κ1) is 20.2. The van der Waals surface area contributed by atoms with Gasteiger partial charge in [-0.15, -0.1) is 0 Å². The summed E-state index contributed by atoms with van der Waals surface area (Å²) in [5.41, 5.74) is 0.426. The average Bonchev–Trinajstić information content (AvgIpc) is 2.62. The van der Waals surface area contributed by atoms with Crippen LogP contribution in [0.2, 0.25) is 0 Å². The second-order valence-corrected chi connectivity index (χ2v) is 7.27. The summed E-state index contributed by atoms with van der Waals surface area (Å²) in [6.07, 6.45) is 0. The van der Waals surface area contributed by atoms with Gasteiger partial charge in [-0.1, -0.05) is 6.07 Å². The van der Waals surface area contributed by atoms with Crippen LogP contribution < -0.4 is 14.8 Å². The van der Waals surface area contributed by atoms with E-state index in [4.69, 9.17) is 4.74 Å². The van der Waals surface area contributed by atoms with E-state index in [1.807, 2.05) is 0 Å². The molecule has 0 atom stereocenters. The lowest BCUT2D eigenvalue weighted by atomic mass is 10.2. The molecule has 0 aromatic heterocycles. The molecule has 27 heavy (non-hydrogen) atoms. The van der Waals surface area contributed by atoms with Crippen molar-refractivity contribution in [3.63, 3.8) is 0 Å². The first-order valence-electron chi connectivity index (χ1n) is 7.93. The van der Waals surface area contributed by atoms with Gasteiger partial charge in [0.25, 0.3) is 21.6 Å².